The van der Waals surface area contributed by atoms with Crippen LogP contribution in [-0.4, -0.2) is 59.2 Å². The third-order valence-electron chi connectivity index (χ3n) is 5.97. The third-order valence-corrected chi connectivity index (χ3v) is 5.97. The van der Waals surface area contributed by atoms with E-state index in [1.165, 1.54) is 0 Å². The molecule has 1 fully saturated rings. The van der Waals surface area contributed by atoms with E-state index in [1.54, 1.807) is 41.1 Å². The lowest BCUT2D eigenvalue weighted by Crippen LogP contribution is -2.39. The van der Waals surface area contributed by atoms with E-state index in [4.69, 9.17) is 14.2 Å². The van der Waals surface area contributed by atoms with Gasteiger partial charge in [0.1, 0.15) is 17.1 Å². The molecule has 0 saturated heterocycles. The van der Waals surface area contributed by atoms with E-state index in [0.29, 0.717) is 11.5 Å². The summed E-state index contributed by atoms with van der Waals surface area (Å²) in [6, 6.07) is 6.86. The molecule has 0 radical (unpaired) electrons. The lowest BCUT2D eigenvalue weighted by atomic mass is 10.1. The number of carbonyl (C=O) groups is 2. The normalized spacial score (nSPS) is 15.0. The first-order valence-electron chi connectivity index (χ1n) is 12.1. The lowest BCUT2D eigenvalue weighted by molar-refractivity contribution is -0.155. The molecule has 1 heterocycles. The van der Waals surface area contributed by atoms with Crippen LogP contribution in [0.15, 0.2) is 24.3 Å². The van der Waals surface area contributed by atoms with E-state index < -0.39 is 23.5 Å². The average molecular weight is 488 g/mol. The number of aliphatic hydroxyl groups excluding tert-OH is 1. The summed E-state index contributed by atoms with van der Waals surface area (Å²) in [5.74, 6) is 0.392. The van der Waals surface area contributed by atoms with Crippen molar-refractivity contribution in [1.82, 2.24) is 15.1 Å². The van der Waals surface area contributed by atoms with E-state index in [0.717, 1.165) is 36.9 Å². The van der Waals surface area contributed by atoms with Crippen LogP contribution >= 0.6 is 0 Å². The van der Waals surface area contributed by atoms with Crippen LogP contribution in [0, 0.1) is 0 Å². The summed E-state index contributed by atoms with van der Waals surface area (Å²) in [4.78, 5) is 25.6. The maximum Gasteiger partial charge on any atom is 0.308 e. The molecule has 9 heteroatoms. The molecule has 0 bridgehead atoms. The van der Waals surface area contributed by atoms with Gasteiger partial charge < -0.3 is 24.6 Å². The van der Waals surface area contributed by atoms with Gasteiger partial charge in [-0.15, -0.1) is 0 Å². The van der Waals surface area contributed by atoms with Crippen molar-refractivity contribution in [2.24, 2.45) is 0 Å². The maximum atomic E-state index is 13.2. The zero-order chi connectivity index (χ0) is 25.6. The molecule has 192 valence electrons. The van der Waals surface area contributed by atoms with Gasteiger partial charge in [-0.3, -0.25) is 14.3 Å². The molecule has 1 aliphatic rings. The number of aromatic nitrogens is 2. The summed E-state index contributed by atoms with van der Waals surface area (Å²) in [6.07, 6.45) is 4.33. The molecule has 0 spiro atoms. The van der Waals surface area contributed by atoms with Gasteiger partial charge in [0.2, 0.25) is 0 Å². The summed E-state index contributed by atoms with van der Waals surface area (Å²) in [7, 11) is 3.19. The van der Waals surface area contributed by atoms with Gasteiger partial charge in [0.05, 0.1) is 37.9 Å². The van der Waals surface area contributed by atoms with E-state index in [-0.39, 0.29) is 31.2 Å². The van der Waals surface area contributed by atoms with Crippen LogP contribution < -0.4 is 14.8 Å². The minimum atomic E-state index is -0.631. The number of nitrogens with one attached hydrogen (secondary N) is 1. The lowest BCUT2D eigenvalue weighted by Gasteiger charge is -2.22. The van der Waals surface area contributed by atoms with Gasteiger partial charge in [-0.1, -0.05) is 18.9 Å². The van der Waals surface area contributed by atoms with E-state index in [2.05, 4.69) is 10.4 Å². The smallest absolute Gasteiger partial charge is 0.308 e. The van der Waals surface area contributed by atoms with E-state index in [1.807, 2.05) is 22.9 Å². The molecule has 1 saturated carbocycles. The molecule has 1 amide bonds. The maximum absolute atomic E-state index is 13.2. The number of benzene rings is 1. The predicted molar refractivity (Wildman–Crippen MR) is 132 cm³/mol. The highest BCUT2D eigenvalue weighted by atomic mass is 16.6. The van der Waals surface area contributed by atoms with Crippen LogP contribution in [0.25, 0.3) is 11.3 Å². The van der Waals surface area contributed by atoms with Crippen LogP contribution in [-0.2, 0) is 9.53 Å². The number of nitrogens with zero attached hydrogens (tertiary/aromatic N) is 2. The van der Waals surface area contributed by atoms with Crippen molar-refractivity contribution < 1.29 is 28.9 Å². The first-order valence-corrected chi connectivity index (χ1v) is 12.1. The Morgan fingerprint density at radius 2 is 1.80 bits per heavy atom. The number of aliphatic hydroxyl groups is 1. The molecule has 3 rings (SSSR count). The summed E-state index contributed by atoms with van der Waals surface area (Å²) >= 11 is 0. The second kappa shape index (κ2) is 11.6. The molecule has 1 aromatic carbocycles. The van der Waals surface area contributed by atoms with Crippen molar-refractivity contribution in [1.29, 1.82) is 0 Å². The number of methoxy groups -OCH3 is 2. The summed E-state index contributed by atoms with van der Waals surface area (Å²) < 4.78 is 18.5. The number of rotatable bonds is 10. The number of ether oxygens (including phenoxy) is 3. The van der Waals surface area contributed by atoms with Crippen molar-refractivity contribution in [3.8, 4) is 22.8 Å². The summed E-state index contributed by atoms with van der Waals surface area (Å²) in [5, 5.41) is 17.0. The highest BCUT2D eigenvalue weighted by molar-refractivity contribution is 5.94. The summed E-state index contributed by atoms with van der Waals surface area (Å²) in [6.45, 7) is 5.18. The zero-order valence-electron chi connectivity index (χ0n) is 21.3. The number of hydrogen-bond acceptors (Lipinski definition) is 7. The fourth-order valence-corrected chi connectivity index (χ4v) is 4.45. The second-order valence-electron chi connectivity index (χ2n) is 9.81. The Kier molecular flexibility index (Phi) is 8.77. The molecule has 2 N–H and O–H groups in total. The molecule has 9 nitrogen and oxygen atoms in total. The van der Waals surface area contributed by atoms with E-state index >= 15 is 0 Å². The highest BCUT2D eigenvalue weighted by Crippen LogP contribution is 2.41. The number of carbonyl (C=O) groups excluding carboxylic acids is 2. The van der Waals surface area contributed by atoms with Crippen molar-refractivity contribution in [2.45, 2.75) is 77.0 Å². The van der Waals surface area contributed by atoms with Gasteiger partial charge in [0.25, 0.3) is 5.91 Å². The minimum absolute atomic E-state index is 0.0416. The van der Waals surface area contributed by atoms with Gasteiger partial charge in [-0.2, -0.15) is 5.10 Å². The first kappa shape index (κ1) is 26.5. The number of esters is 1. The third kappa shape index (κ3) is 6.75. The van der Waals surface area contributed by atoms with Crippen LogP contribution in [0.2, 0.25) is 0 Å². The van der Waals surface area contributed by atoms with Gasteiger partial charge in [0.15, 0.2) is 5.69 Å². The Morgan fingerprint density at radius 1 is 1.17 bits per heavy atom. The zero-order valence-corrected chi connectivity index (χ0v) is 21.3. The fraction of sp³-hybridized carbons (Fsp3) is 0.577. The van der Waals surface area contributed by atoms with Crippen molar-refractivity contribution in [2.75, 3.05) is 20.8 Å². The molecule has 1 aromatic heterocycles. The predicted octanol–water partition coefficient (Wildman–Crippen LogP) is 3.90. The SMILES string of the molecule is COc1cccc(OC)c1-c1cc(C(=O)N[C@@H](CCO)CC(=O)OC(C)(C)C)nn1C1CCCC1. The van der Waals surface area contributed by atoms with Gasteiger partial charge in [-0.25, -0.2) is 0 Å². The van der Waals surface area contributed by atoms with E-state index in [9.17, 15) is 14.7 Å². The molecule has 0 aliphatic heterocycles. The fourth-order valence-electron chi connectivity index (χ4n) is 4.45. The van der Waals surface area contributed by atoms with Crippen LogP contribution in [0.4, 0.5) is 0 Å². The Labute approximate surface area is 206 Å². The highest BCUT2D eigenvalue weighted by Gasteiger charge is 2.28. The topological polar surface area (TPSA) is 112 Å². The summed E-state index contributed by atoms with van der Waals surface area (Å²) in [5.41, 5.74) is 1.07. The minimum Gasteiger partial charge on any atom is -0.496 e. The first-order chi connectivity index (χ1) is 16.7. The Hall–Kier alpha value is -3.07. The van der Waals surface area contributed by atoms with Crippen molar-refractivity contribution in [3.63, 3.8) is 0 Å². The number of amides is 1. The second-order valence-corrected chi connectivity index (χ2v) is 9.81. The molecule has 0 unspecified atom stereocenters. The van der Waals surface area contributed by atoms with Crippen LogP contribution in [0.5, 0.6) is 11.5 Å². The molecule has 1 atom stereocenters. The van der Waals surface area contributed by atoms with Crippen molar-refractivity contribution in [3.05, 3.63) is 30.0 Å². The molecular formula is C26H37N3O6. The van der Waals surface area contributed by atoms with Crippen LogP contribution in [0.1, 0.15) is 75.8 Å². The Morgan fingerprint density at radius 3 is 2.34 bits per heavy atom. The van der Waals surface area contributed by atoms with Gasteiger partial charge in [-0.05, 0) is 58.2 Å². The quantitative estimate of drug-likeness (QED) is 0.489. The molecule has 1 aliphatic carbocycles. The van der Waals surface area contributed by atoms with Gasteiger partial charge in [0, 0.05) is 12.6 Å². The molecular weight excluding hydrogens is 450 g/mol. The number of hydrogen-bond donors (Lipinski definition) is 2. The largest absolute Gasteiger partial charge is 0.496 e. The monoisotopic (exact) mass is 487 g/mol. The van der Waals surface area contributed by atoms with Crippen molar-refractivity contribution >= 4 is 11.9 Å². The Bertz CT molecular complexity index is 998. The molecule has 2 aromatic rings. The molecule has 35 heavy (non-hydrogen) atoms. The Balaban J connectivity index is 1.92. The average Bonchev–Trinajstić information content (AvgIpc) is 3.47. The standard InChI is InChI=1S/C26H37N3O6/c1-26(2,3)35-23(31)15-17(13-14-30)27-25(32)19-16-20(29(28-19)18-9-6-7-10-18)24-21(33-4)11-8-12-22(24)34-5/h8,11-12,16-18,30H,6-7,9-10,13-15H2,1-5H3,(H,27,32)/t17-/m0/s1. The van der Waals surface area contributed by atoms with Gasteiger partial charge >= 0.3 is 5.97 Å². The van der Waals surface area contributed by atoms with Crippen LogP contribution in [0.3, 0.4) is 0 Å².